The molecule has 0 N–H and O–H groups in total. The van der Waals surface area contributed by atoms with Crippen molar-refractivity contribution in [3.05, 3.63) is 48.2 Å². The van der Waals surface area contributed by atoms with E-state index in [1.54, 1.807) is 33.9 Å². The maximum atomic E-state index is 12.9. The zero-order valence-electron chi connectivity index (χ0n) is 12.3. The van der Waals surface area contributed by atoms with E-state index in [-0.39, 0.29) is 11.9 Å². The number of carbonyl (C=O) groups is 1. The van der Waals surface area contributed by atoms with Crippen LogP contribution in [0.15, 0.2) is 37.1 Å². The summed E-state index contributed by atoms with van der Waals surface area (Å²) >= 11 is 0. The maximum absolute atomic E-state index is 12.9. The summed E-state index contributed by atoms with van der Waals surface area (Å²) in [6, 6.07) is 1.88. The maximum Gasteiger partial charge on any atom is 0.259 e. The van der Waals surface area contributed by atoms with Crippen LogP contribution in [0, 0.1) is 0 Å². The lowest BCUT2D eigenvalue weighted by Crippen LogP contribution is -2.30. The second kappa shape index (κ2) is 4.94. The molecule has 1 saturated heterocycles. The van der Waals surface area contributed by atoms with E-state index in [9.17, 15) is 4.79 Å². The van der Waals surface area contributed by atoms with Gasteiger partial charge in [0.05, 0.1) is 18.4 Å². The van der Waals surface area contributed by atoms with Crippen molar-refractivity contribution in [3.8, 4) is 0 Å². The summed E-state index contributed by atoms with van der Waals surface area (Å²) in [4.78, 5) is 19.1. The molecule has 0 bridgehead atoms. The minimum absolute atomic E-state index is 0.0138. The van der Waals surface area contributed by atoms with Gasteiger partial charge in [-0.15, -0.1) is 0 Å². The van der Waals surface area contributed by atoms with Crippen LogP contribution in [-0.2, 0) is 7.05 Å². The van der Waals surface area contributed by atoms with Crippen molar-refractivity contribution in [2.24, 2.45) is 7.05 Å². The Kier molecular flexibility index (Phi) is 2.92. The molecule has 0 aliphatic carbocycles. The summed E-state index contributed by atoms with van der Waals surface area (Å²) in [6.07, 6.45) is 10.8. The molecule has 0 spiro atoms. The lowest BCUT2D eigenvalue weighted by Gasteiger charge is -2.23. The number of hydrogen-bond acceptors (Lipinski definition) is 4. The fraction of sp³-hybridized carbons (Fsp3) is 0.333. The van der Waals surface area contributed by atoms with Gasteiger partial charge in [0.15, 0.2) is 5.65 Å². The standard InChI is InChI=1S/C15H16N6O/c1-19-10-11(8-17-19)13-4-2-6-20(13)15(22)12-9-18-21-7-3-5-16-14(12)21/h3,5,7-10,13H,2,4,6H2,1H3/t13-/m1/s1. The number of fused-ring (bicyclic) bond motifs is 1. The molecule has 1 amide bonds. The van der Waals surface area contributed by atoms with Crippen LogP contribution in [0.1, 0.15) is 34.8 Å². The van der Waals surface area contributed by atoms with Crippen molar-refractivity contribution in [2.75, 3.05) is 6.54 Å². The fourth-order valence-corrected chi connectivity index (χ4v) is 3.10. The molecule has 1 atom stereocenters. The Morgan fingerprint density at radius 2 is 2.23 bits per heavy atom. The Hall–Kier alpha value is -2.70. The smallest absolute Gasteiger partial charge is 0.259 e. The van der Waals surface area contributed by atoms with E-state index >= 15 is 0 Å². The van der Waals surface area contributed by atoms with E-state index in [0.717, 1.165) is 24.9 Å². The molecule has 0 radical (unpaired) electrons. The molecule has 0 unspecified atom stereocenters. The van der Waals surface area contributed by atoms with Crippen molar-refractivity contribution in [1.29, 1.82) is 0 Å². The van der Waals surface area contributed by atoms with Crippen LogP contribution >= 0.6 is 0 Å². The molecule has 0 saturated carbocycles. The lowest BCUT2D eigenvalue weighted by atomic mass is 10.1. The third-order valence-corrected chi connectivity index (χ3v) is 4.13. The summed E-state index contributed by atoms with van der Waals surface area (Å²) in [7, 11) is 1.89. The number of nitrogens with zero attached hydrogens (tertiary/aromatic N) is 6. The molecule has 3 aromatic heterocycles. The zero-order chi connectivity index (χ0) is 15.1. The Balaban J connectivity index is 1.69. The van der Waals surface area contributed by atoms with Gasteiger partial charge in [0, 0.05) is 37.7 Å². The first kappa shape index (κ1) is 13.0. The lowest BCUT2D eigenvalue weighted by molar-refractivity contribution is 0.0737. The molecule has 7 heteroatoms. The van der Waals surface area contributed by atoms with Gasteiger partial charge in [-0.3, -0.25) is 9.48 Å². The molecule has 1 fully saturated rings. The number of hydrogen-bond donors (Lipinski definition) is 0. The van der Waals surface area contributed by atoms with Gasteiger partial charge in [0.25, 0.3) is 5.91 Å². The predicted octanol–water partition coefficient (Wildman–Crippen LogP) is 1.44. The average molecular weight is 296 g/mol. The Bertz CT molecular complexity index is 835. The third-order valence-electron chi connectivity index (χ3n) is 4.13. The molecule has 4 heterocycles. The number of aryl methyl sites for hydroxylation is 1. The first-order valence-corrected chi connectivity index (χ1v) is 7.32. The normalized spacial score (nSPS) is 18.2. The highest BCUT2D eigenvalue weighted by Gasteiger charge is 2.32. The van der Waals surface area contributed by atoms with Gasteiger partial charge >= 0.3 is 0 Å². The van der Waals surface area contributed by atoms with E-state index in [2.05, 4.69) is 15.2 Å². The Morgan fingerprint density at radius 1 is 1.32 bits per heavy atom. The summed E-state index contributed by atoms with van der Waals surface area (Å²) in [5.74, 6) is -0.0138. The highest BCUT2D eigenvalue weighted by Crippen LogP contribution is 2.33. The second-order valence-corrected chi connectivity index (χ2v) is 5.55. The van der Waals surface area contributed by atoms with Crippen molar-refractivity contribution in [1.82, 2.24) is 29.3 Å². The molecule has 7 nitrogen and oxygen atoms in total. The first-order valence-electron chi connectivity index (χ1n) is 7.32. The van der Waals surface area contributed by atoms with Crippen LogP contribution in [0.4, 0.5) is 0 Å². The summed E-state index contributed by atoms with van der Waals surface area (Å²) in [6.45, 7) is 0.753. The summed E-state index contributed by atoms with van der Waals surface area (Å²) in [5, 5.41) is 8.42. The largest absolute Gasteiger partial charge is 0.331 e. The molecular weight excluding hydrogens is 280 g/mol. The molecule has 3 aromatic rings. The quantitative estimate of drug-likeness (QED) is 0.717. The van der Waals surface area contributed by atoms with Crippen LogP contribution in [0.5, 0.6) is 0 Å². The molecule has 1 aliphatic heterocycles. The summed E-state index contributed by atoms with van der Waals surface area (Å²) in [5.41, 5.74) is 2.23. The van der Waals surface area contributed by atoms with Crippen LogP contribution in [0.2, 0.25) is 0 Å². The van der Waals surface area contributed by atoms with Crippen LogP contribution < -0.4 is 0 Å². The van der Waals surface area contributed by atoms with E-state index in [1.165, 1.54) is 0 Å². The Morgan fingerprint density at radius 3 is 3.05 bits per heavy atom. The van der Waals surface area contributed by atoms with Gasteiger partial charge in [-0.05, 0) is 18.9 Å². The minimum atomic E-state index is -0.0138. The fourth-order valence-electron chi connectivity index (χ4n) is 3.10. The summed E-state index contributed by atoms with van der Waals surface area (Å²) < 4.78 is 3.40. The third kappa shape index (κ3) is 1.97. The van der Waals surface area contributed by atoms with Crippen LogP contribution in [0.3, 0.4) is 0 Å². The monoisotopic (exact) mass is 296 g/mol. The second-order valence-electron chi connectivity index (χ2n) is 5.55. The highest BCUT2D eigenvalue weighted by molar-refractivity contribution is 6.00. The van der Waals surface area contributed by atoms with Crippen molar-refractivity contribution in [2.45, 2.75) is 18.9 Å². The predicted molar refractivity (Wildman–Crippen MR) is 79.2 cm³/mol. The van der Waals surface area contributed by atoms with E-state index < -0.39 is 0 Å². The van der Waals surface area contributed by atoms with Gasteiger partial charge in [-0.25, -0.2) is 9.50 Å². The van der Waals surface area contributed by atoms with Gasteiger partial charge < -0.3 is 4.90 Å². The van der Waals surface area contributed by atoms with Gasteiger partial charge in [0.1, 0.15) is 5.56 Å². The Labute approximate surface area is 127 Å². The van der Waals surface area contributed by atoms with Crippen molar-refractivity contribution >= 4 is 11.6 Å². The molecule has 0 aromatic carbocycles. The van der Waals surface area contributed by atoms with Gasteiger partial charge in [-0.1, -0.05) is 0 Å². The number of amides is 1. The highest BCUT2D eigenvalue weighted by atomic mass is 16.2. The van der Waals surface area contributed by atoms with Crippen molar-refractivity contribution in [3.63, 3.8) is 0 Å². The van der Waals surface area contributed by atoms with E-state index in [4.69, 9.17) is 0 Å². The van der Waals surface area contributed by atoms with Crippen LogP contribution in [0.25, 0.3) is 5.65 Å². The topological polar surface area (TPSA) is 68.3 Å². The number of aromatic nitrogens is 5. The molecule has 22 heavy (non-hydrogen) atoms. The zero-order valence-corrected chi connectivity index (χ0v) is 12.3. The first-order chi connectivity index (χ1) is 10.7. The number of rotatable bonds is 2. The van der Waals surface area contributed by atoms with E-state index in [1.807, 2.05) is 24.3 Å². The molecular formula is C15H16N6O. The number of carbonyl (C=O) groups excluding carboxylic acids is 1. The molecule has 1 aliphatic rings. The molecule has 4 rings (SSSR count). The SMILES string of the molecule is Cn1cc([C@H]2CCCN2C(=O)c2cnn3cccnc23)cn1. The van der Waals surface area contributed by atoms with E-state index in [0.29, 0.717) is 11.2 Å². The molecule has 112 valence electrons. The van der Waals surface area contributed by atoms with Crippen molar-refractivity contribution < 1.29 is 4.79 Å². The van der Waals surface area contributed by atoms with Gasteiger partial charge in [-0.2, -0.15) is 10.2 Å². The van der Waals surface area contributed by atoms with Gasteiger partial charge in [0.2, 0.25) is 0 Å². The number of likely N-dealkylation sites (tertiary alicyclic amines) is 1. The van der Waals surface area contributed by atoms with Crippen LogP contribution in [-0.4, -0.2) is 41.7 Å². The average Bonchev–Trinajstić information content (AvgIpc) is 3.25. The minimum Gasteiger partial charge on any atom is -0.331 e.